The molecule has 3 rings (SSSR count). The molecule has 0 bridgehead atoms. The molecule has 0 amide bonds. The van der Waals surface area contributed by atoms with Gasteiger partial charge in [-0.05, 0) is 62.8 Å². The average Bonchev–Trinajstić information content (AvgIpc) is 2.71. The molecular weight excluding hydrogens is 382 g/mol. The first-order valence-electron chi connectivity index (χ1n) is 11.3. The van der Waals surface area contributed by atoms with Crippen LogP contribution in [0.15, 0.2) is 11.6 Å². The minimum atomic E-state index is -0.598. The maximum Gasteiger partial charge on any atom is 0.330 e. The predicted octanol–water partition coefficient (Wildman–Crippen LogP) is 3.30. The van der Waals surface area contributed by atoms with Gasteiger partial charge in [-0.2, -0.15) is 0 Å². The number of carbonyl (C=O) groups is 3. The molecule has 0 spiro atoms. The van der Waals surface area contributed by atoms with Gasteiger partial charge in [0.15, 0.2) is 0 Å². The molecule has 3 aliphatic carbocycles. The number of rotatable bonds is 5. The molecule has 0 aliphatic heterocycles. The third kappa shape index (κ3) is 3.83. The first-order valence-corrected chi connectivity index (χ1v) is 11.3. The van der Waals surface area contributed by atoms with Gasteiger partial charge in [-0.3, -0.25) is 9.59 Å². The SMILES string of the molecule is CNCCOC(=O)/C=C1\CC[C@H]2[C@@H](C(=O)C[C@@H]3[C@]2(C)CCC[C@]3(C)C(=O)OC)[C@H]1C. The lowest BCUT2D eigenvalue weighted by atomic mass is 9.43. The summed E-state index contributed by atoms with van der Waals surface area (Å²) in [4.78, 5) is 38.3. The van der Waals surface area contributed by atoms with Crippen molar-refractivity contribution in [1.29, 1.82) is 0 Å². The number of allylic oxidation sites excluding steroid dienone is 1. The number of methoxy groups -OCH3 is 1. The fourth-order valence-corrected chi connectivity index (χ4v) is 6.83. The Balaban J connectivity index is 1.84. The average molecular weight is 420 g/mol. The van der Waals surface area contributed by atoms with E-state index in [4.69, 9.17) is 9.47 Å². The van der Waals surface area contributed by atoms with Crippen LogP contribution >= 0.6 is 0 Å². The number of esters is 2. The molecule has 0 radical (unpaired) electrons. The van der Waals surface area contributed by atoms with Crippen molar-refractivity contribution in [3.05, 3.63) is 11.6 Å². The summed E-state index contributed by atoms with van der Waals surface area (Å²) in [5.41, 5.74) is 0.360. The second-order valence-corrected chi connectivity index (χ2v) is 9.94. The third-order valence-corrected chi connectivity index (χ3v) is 8.45. The highest BCUT2D eigenvalue weighted by Crippen LogP contribution is 2.64. The number of hydrogen-bond acceptors (Lipinski definition) is 6. The van der Waals surface area contributed by atoms with E-state index in [0.29, 0.717) is 19.6 Å². The van der Waals surface area contributed by atoms with Crippen molar-refractivity contribution < 1.29 is 23.9 Å². The van der Waals surface area contributed by atoms with Crippen LogP contribution in [0.5, 0.6) is 0 Å². The minimum Gasteiger partial charge on any atom is -0.469 e. The molecule has 30 heavy (non-hydrogen) atoms. The van der Waals surface area contributed by atoms with Crippen LogP contribution in [0.4, 0.5) is 0 Å². The number of likely N-dealkylation sites (N-methyl/N-ethyl adjacent to an activating group) is 1. The van der Waals surface area contributed by atoms with E-state index in [1.54, 1.807) is 6.08 Å². The zero-order valence-corrected chi connectivity index (χ0v) is 19.1. The van der Waals surface area contributed by atoms with Crippen molar-refractivity contribution in [1.82, 2.24) is 5.32 Å². The first kappa shape index (κ1) is 23.0. The molecular formula is C24H37NO5. The molecule has 168 valence electrons. The van der Waals surface area contributed by atoms with Gasteiger partial charge in [-0.1, -0.05) is 25.8 Å². The number of ketones is 1. The standard InChI is InChI=1S/C24H37NO5/c1-15-16(13-20(27)30-12-11-25-4)7-8-17-21(15)18(26)14-19-23(17,2)9-6-10-24(19,3)22(28)29-5/h13,15,17,19,21,25H,6-12,14H2,1-5H3/b16-13+/t15-,17-,19+,21-,23+,24-/m0/s1. The number of Topliss-reactive ketones (excluding diaryl/α,β-unsaturated/α-hetero) is 1. The fraction of sp³-hybridized carbons (Fsp3) is 0.792. The van der Waals surface area contributed by atoms with Crippen LogP contribution in [0.2, 0.25) is 0 Å². The van der Waals surface area contributed by atoms with E-state index in [2.05, 4.69) is 19.2 Å². The number of ether oxygens (including phenoxy) is 2. The van der Waals surface area contributed by atoms with Gasteiger partial charge in [0.2, 0.25) is 0 Å². The lowest BCUT2D eigenvalue weighted by molar-refractivity contribution is -0.178. The Hall–Kier alpha value is -1.69. The Bertz CT molecular complexity index is 731. The summed E-state index contributed by atoms with van der Waals surface area (Å²) in [7, 11) is 3.26. The van der Waals surface area contributed by atoms with E-state index in [0.717, 1.165) is 37.7 Å². The highest BCUT2D eigenvalue weighted by atomic mass is 16.5. The van der Waals surface area contributed by atoms with Gasteiger partial charge >= 0.3 is 11.9 Å². The molecule has 0 aromatic carbocycles. The van der Waals surface area contributed by atoms with Gasteiger partial charge in [0.05, 0.1) is 12.5 Å². The van der Waals surface area contributed by atoms with Crippen molar-refractivity contribution in [3.63, 3.8) is 0 Å². The molecule has 3 saturated carbocycles. The normalized spacial score (nSPS) is 39.8. The highest BCUT2D eigenvalue weighted by Gasteiger charge is 2.62. The van der Waals surface area contributed by atoms with Crippen molar-refractivity contribution in [2.24, 2.45) is 34.5 Å². The lowest BCUT2D eigenvalue weighted by Crippen LogP contribution is -2.59. The summed E-state index contributed by atoms with van der Waals surface area (Å²) in [5, 5.41) is 2.95. The largest absolute Gasteiger partial charge is 0.469 e. The number of nitrogens with one attached hydrogen (secondary N) is 1. The van der Waals surface area contributed by atoms with Crippen LogP contribution in [0, 0.1) is 34.5 Å². The molecule has 0 aromatic rings. The second kappa shape index (κ2) is 8.81. The lowest BCUT2D eigenvalue weighted by Gasteiger charge is -2.60. The molecule has 3 aliphatic rings. The molecule has 6 atom stereocenters. The van der Waals surface area contributed by atoms with Crippen LogP contribution in [-0.2, 0) is 23.9 Å². The Morgan fingerprint density at radius 1 is 1.27 bits per heavy atom. The Morgan fingerprint density at radius 2 is 2.00 bits per heavy atom. The third-order valence-electron chi connectivity index (χ3n) is 8.45. The molecule has 3 fully saturated rings. The summed E-state index contributed by atoms with van der Waals surface area (Å²) in [5.74, 6) is -0.0772. The van der Waals surface area contributed by atoms with Gasteiger partial charge in [0.1, 0.15) is 12.4 Å². The zero-order valence-electron chi connectivity index (χ0n) is 19.1. The zero-order chi connectivity index (χ0) is 22.1. The molecule has 1 N–H and O–H groups in total. The van der Waals surface area contributed by atoms with Crippen LogP contribution < -0.4 is 5.32 Å². The summed E-state index contributed by atoms with van der Waals surface area (Å²) in [6, 6.07) is 0. The number of hydrogen-bond donors (Lipinski definition) is 1. The van der Waals surface area contributed by atoms with Gasteiger partial charge in [-0.15, -0.1) is 0 Å². The monoisotopic (exact) mass is 419 g/mol. The van der Waals surface area contributed by atoms with Crippen molar-refractivity contribution in [2.45, 2.75) is 59.3 Å². The van der Waals surface area contributed by atoms with E-state index in [1.807, 2.05) is 14.0 Å². The van der Waals surface area contributed by atoms with Crippen molar-refractivity contribution in [2.75, 3.05) is 27.3 Å². The van der Waals surface area contributed by atoms with Gasteiger partial charge in [0.25, 0.3) is 0 Å². The molecule has 0 saturated heterocycles. The predicted molar refractivity (Wildman–Crippen MR) is 114 cm³/mol. The maximum atomic E-state index is 13.4. The minimum absolute atomic E-state index is 0.0178. The van der Waals surface area contributed by atoms with Crippen LogP contribution in [0.3, 0.4) is 0 Å². The summed E-state index contributed by atoms with van der Waals surface area (Å²) >= 11 is 0. The maximum absolute atomic E-state index is 13.4. The quantitative estimate of drug-likeness (QED) is 0.418. The van der Waals surface area contributed by atoms with E-state index in [9.17, 15) is 14.4 Å². The van der Waals surface area contributed by atoms with Crippen LogP contribution in [-0.4, -0.2) is 45.0 Å². The molecule has 0 heterocycles. The van der Waals surface area contributed by atoms with Crippen LogP contribution in [0.25, 0.3) is 0 Å². The van der Waals surface area contributed by atoms with Crippen molar-refractivity contribution >= 4 is 17.7 Å². The topological polar surface area (TPSA) is 81.7 Å². The fourth-order valence-electron chi connectivity index (χ4n) is 6.83. The van der Waals surface area contributed by atoms with Gasteiger partial charge < -0.3 is 14.8 Å². The Morgan fingerprint density at radius 3 is 2.67 bits per heavy atom. The van der Waals surface area contributed by atoms with Gasteiger partial charge in [0, 0.05) is 25.0 Å². The van der Waals surface area contributed by atoms with Crippen molar-refractivity contribution in [3.8, 4) is 0 Å². The number of fused-ring (bicyclic) bond motifs is 3. The Labute approximate surface area is 180 Å². The molecule has 0 aromatic heterocycles. The molecule has 6 heteroatoms. The molecule has 6 nitrogen and oxygen atoms in total. The van der Waals surface area contributed by atoms with E-state index < -0.39 is 5.41 Å². The number of carbonyl (C=O) groups excluding carboxylic acids is 3. The van der Waals surface area contributed by atoms with E-state index >= 15 is 0 Å². The van der Waals surface area contributed by atoms with E-state index in [-0.39, 0.29) is 46.8 Å². The smallest absolute Gasteiger partial charge is 0.330 e. The molecule has 0 unspecified atom stereocenters. The Kier molecular flexibility index (Phi) is 6.75. The highest BCUT2D eigenvalue weighted by molar-refractivity contribution is 5.87. The van der Waals surface area contributed by atoms with Crippen LogP contribution in [0.1, 0.15) is 59.3 Å². The summed E-state index contributed by atoms with van der Waals surface area (Å²) in [6.07, 6.45) is 6.50. The first-order chi connectivity index (χ1) is 14.2. The van der Waals surface area contributed by atoms with Gasteiger partial charge in [-0.25, -0.2) is 4.79 Å². The van der Waals surface area contributed by atoms with E-state index in [1.165, 1.54) is 7.11 Å². The summed E-state index contributed by atoms with van der Waals surface area (Å²) < 4.78 is 10.4. The summed E-state index contributed by atoms with van der Waals surface area (Å²) in [6.45, 7) is 7.31. The second-order valence-electron chi connectivity index (χ2n) is 9.94.